The van der Waals surface area contributed by atoms with Gasteiger partial charge in [-0.05, 0) is 36.5 Å². The highest BCUT2D eigenvalue weighted by molar-refractivity contribution is 5.80. The summed E-state index contributed by atoms with van der Waals surface area (Å²) in [7, 11) is 0. The monoisotopic (exact) mass is 405 g/mol. The van der Waals surface area contributed by atoms with Gasteiger partial charge >= 0.3 is 0 Å². The van der Waals surface area contributed by atoms with Crippen LogP contribution in [0.2, 0.25) is 0 Å². The van der Waals surface area contributed by atoms with Gasteiger partial charge in [0, 0.05) is 44.4 Å². The molecule has 0 saturated carbocycles. The number of hydrogen-bond donors (Lipinski definition) is 1. The molecule has 0 radical (unpaired) electrons. The Bertz CT molecular complexity index is 930. The molecule has 1 aliphatic heterocycles. The third-order valence-electron chi connectivity index (χ3n) is 5.87. The molecule has 0 bridgehead atoms. The van der Waals surface area contributed by atoms with Crippen LogP contribution < -0.4 is 5.32 Å². The summed E-state index contributed by atoms with van der Waals surface area (Å²) in [6.07, 6.45) is 10.8. The van der Waals surface area contributed by atoms with Crippen LogP contribution in [0.4, 0.5) is 0 Å². The molecule has 2 atom stereocenters. The number of guanidine groups is 1. The largest absolute Gasteiger partial charge is 0.357 e. The maximum atomic E-state index is 5.02. The predicted octanol–water partition coefficient (Wildman–Crippen LogP) is 3.18. The van der Waals surface area contributed by atoms with Crippen molar-refractivity contribution < 1.29 is 0 Å². The highest BCUT2D eigenvalue weighted by Crippen LogP contribution is 2.27. The average Bonchev–Trinajstić information content (AvgIpc) is 3.47. The number of aliphatic imine (C=N–C) groups is 1. The van der Waals surface area contributed by atoms with Crippen molar-refractivity contribution in [3.63, 3.8) is 0 Å². The lowest BCUT2D eigenvalue weighted by Crippen LogP contribution is -2.49. The maximum absolute atomic E-state index is 5.02. The van der Waals surface area contributed by atoms with Crippen molar-refractivity contribution in [3.8, 4) is 0 Å². The van der Waals surface area contributed by atoms with Crippen molar-refractivity contribution in [2.75, 3.05) is 19.6 Å². The Hall–Kier alpha value is -3.09. The van der Waals surface area contributed by atoms with E-state index < -0.39 is 0 Å². The number of nitrogens with zero attached hydrogens (tertiary/aromatic N) is 6. The first-order valence-corrected chi connectivity index (χ1v) is 10.8. The number of nitrogens with one attached hydrogen (secondary N) is 1. The lowest BCUT2D eigenvalue weighted by Gasteiger charge is -2.39. The molecule has 3 aromatic rings. The molecule has 0 spiro atoms. The molecule has 4 rings (SSSR count). The lowest BCUT2D eigenvalue weighted by molar-refractivity contribution is 0.189. The van der Waals surface area contributed by atoms with E-state index in [2.05, 4.69) is 69.2 Å². The molecule has 1 N–H and O–H groups in total. The van der Waals surface area contributed by atoms with E-state index in [1.807, 2.05) is 35.7 Å². The highest BCUT2D eigenvalue weighted by Gasteiger charge is 2.28. The first kappa shape index (κ1) is 20.2. The Labute approximate surface area is 178 Å². The zero-order chi connectivity index (χ0) is 20.8. The smallest absolute Gasteiger partial charge is 0.194 e. The summed E-state index contributed by atoms with van der Waals surface area (Å²) in [5.74, 6) is 1.61. The van der Waals surface area contributed by atoms with Crippen LogP contribution in [0.1, 0.15) is 37.4 Å². The van der Waals surface area contributed by atoms with Crippen molar-refractivity contribution in [3.05, 3.63) is 72.6 Å². The second-order valence-electron chi connectivity index (χ2n) is 7.93. The second kappa shape index (κ2) is 9.61. The molecule has 0 amide bonds. The van der Waals surface area contributed by atoms with Gasteiger partial charge in [-0.3, -0.25) is 4.68 Å². The van der Waals surface area contributed by atoms with E-state index in [0.717, 1.165) is 38.6 Å². The molecule has 30 heavy (non-hydrogen) atoms. The van der Waals surface area contributed by atoms with Crippen LogP contribution in [-0.2, 0) is 13.1 Å². The van der Waals surface area contributed by atoms with Crippen LogP contribution in [0.15, 0.2) is 66.4 Å². The molecule has 7 heteroatoms. The second-order valence-corrected chi connectivity index (χ2v) is 7.93. The zero-order valence-electron chi connectivity index (χ0n) is 17.9. The summed E-state index contributed by atoms with van der Waals surface area (Å²) in [4.78, 5) is 11.7. The third kappa shape index (κ3) is 4.72. The Morgan fingerprint density at radius 1 is 1.17 bits per heavy atom. The van der Waals surface area contributed by atoms with Crippen molar-refractivity contribution in [2.24, 2.45) is 10.9 Å². The van der Waals surface area contributed by atoms with Gasteiger partial charge in [0.25, 0.3) is 0 Å². The molecule has 3 heterocycles. The zero-order valence-corrected chi connectivity index (χ0v) is 17.9. The third-order valence-corrected chi connectivity index (χ3v) is 5.87. The Kier molecular flexibility index (Phi) is 6.47. The van der Waals surface area contributed by atoms with Gasteiger partial charge in [0.15, 0.2) is 5.96 Å². The van der Waals surface area contributed by atoms with Crippen molar-refractivity contribution in [1.29, 1.82) is 0 Å². The molecule has 2 unspecified atom stereocenters. The van der Waals surface area contributed by atoms with Crippen LogP contribution in [0.5, 0.6) is 0 Å². The molecule has 1 aliphatic rings. The van der Waals surface area contributed by atoms with Gasteiger partial charge in [-0.1, -0.05) is 31.2 Å². The van der Waals surface area contributed by atoms with E-state index in [1.54, 1.807) is 0 Å². The van der Waals surface area contributed by atoms with Gasteiger partial charge < -0.3 is 14.8 Å². The minimum absolute atomic E-state index is 0.414. The summed E-state index contributed by atoms with van der Waals surface area (Å²) < 4.78 is 4.19. The van der Waals surface area contributed by atoms with Gasteiger partial charge in [0.2, 0.25) is 0 Å². The SMILES string of the molecule is CCNC(=NCc1ccccc1Cn1cccn1)N1CCC(C)C(n2ccnc2)C1. The normalized spacial score (nSPS) is 19.8. The fourth-order valence-electron chi connectivity index (χ4n) is 4.12. The summed E-state index contributed by atoms with van der Waals surface area (Å²) in [5, 5.41) is 7.85. The first-order chi connectivity index (χ1) is 14.7. The number of rotatable bonds is 6. The van der Waals surface area contributed by atoms with E-state index in [-0.39, 0.29) is 0 Å². The van der Waals surface area contributed by atoms with E-state index in [1.165, 1.54) is 11.1 Å². The van der Waals surface area contributed by atoms with E-state index >= 15 is 0 Å². The molecule has 2 aromatic heterocycles. The maximum Gasteiger partial charge on any atom is 0.194 e. The summed E-state index contributed by atoms with van der Waals surface area (Å²) in [6, 6.07) is 10.9. The molecule has 1 saturated heterocycles. The fraction of sp³-hybridized carbons (Fsp3) is 0.435. The minimum atomic E-state index is 0.414. The van der Waals surface area contributed by atoms with Gasteiger partial charge in [0.05, 0.1) is 25.5 Å². The molecule has 1 aromatic carbocycles. The van der Waals surface area contributed by atoms with Crippen LogP contribution in [0, 0.1) is 5.92 Å². The Morgan fingerprint density at radius 3 is 2.77 bits per heavy atom. The van der Waals surface area contributed by atoms with Gasteiger partial charge in [-0.25, -0.2) is 9.98 Å². The standard InChI is InChI=1S/C23H31N7/c1-3-25-23(28-13-9-19(2)22(17-28)29-14-11-24-18-29)26-15-20-7-4-5-8-21(20)16-30-12-6-10-27-30/h4-8,10-12,14,18-19,22H,3,9,13,15-17H2,1-2H3,(H,25,26). The molecule has 1 fully saturated rings. The van der Waals surface area contributed by atoms with Crippen LogP contribution in [0.3, 0.4) is 0 Å². The fourth-order valence-corrected chi connectivity index (χ4v) is 4.12. The molecule has 0 aliphatic carbocycles. The number of hydrogen-bond acceptors (Lipinski definition) is 3. The summed E-state index contributed by atoms with van der Waals surface area (Å²) in [5.41, 5.74) is 2.49. The average molecular weight is 406 g/mol. The van der Waals surface area contributed by atoms with Crippen LogP contribution in [0.25, 0.3) is 0 Å². The topological polar surface area (TPSA) is 63.3 Å². The number of likely N-dealkylation sites (tertiary alicyclic amines) is 1. The van der Waals surface area contributed by atoms with Crippen molar-refractivity contribution in [2.45, 2.75) is 39.4 Å². The van der Waals surface area contributed by atoms with Crippen molar-refractivity contribution >= 4 is 5.96 Å². The molecule has 158 valence electrons. The Balaban J connectivity index is 1.51. The van der Waals surface area contributed by atoms with Crippen LogP contribution in [-0.4, -0.2) is 49.8 Å². The van der Waals surface area contributed by atoms with E-state index in [4.69, 9.17) is 4.99 Å². The quantitative estimate of drug-likeness (QED) is 0.505. The minimum Gasteiger partial charge on any atom is -0.357 e. The summed E-state index contributed by atoms with van der Waals surface area (Å²) >= 11 is 0. The number of benzene rings is 1. The Morgan fingerprint density at radius 2 is 2.03 bits per heavy atom. The molecule has 7 nitrogen and oxygen atoms in total. The molecular weight excluding hydrogens is 374 g/mol. The number of piperidine rings is 1. The summed E-state index contributed by atoms with van der Waals surface area (Å²) in [6.45, 7) is 8.69. The van der Waals surface area contributed by atoms with Gasteiger partial charge in [-0.15, -0.1) is 0 Å². The number of aromatic nitrogens is 4. The lowest BCUT2D eigenvalue weighted by atomic mass is 9.93. The van der Waals surface area contributed by atoms with Gasteiger partial charge in [0.1, 0.15) is 0 Å². The molecular formula is C23H31N7. The van der Waals surface area contributed by atoms with Crippen molar-refractivity contribution in [1.82, 2.24) is 29.5 Å². The van der Waals surface area contributed by atoms with E-state index in [9.17, 15) is 0 Å². The van der Waals surface area contributed by atoms with Crippen LogP contribution >= 0.6 is 0 Å². The van der Waals surface area contributed by atoms with Gasteiger partial charge in [-0.2, -0.15) is 5.10 Å². The first-order valence-electron chi connectivity index (χ1n) is 10.8. The van der Waals surface area contributed by atoms with E-state index in [0.29, 0.717) is 18.5 Å². The number of imidazole rings is 1. The predicted molar refractivity (Wildman–Crippen MR) is 119 cm³/mol. The highest BCUT2D eigenvalue weighted by atomic mass is 15.3.